The molecule has 0 aliphatic heterocycles. The van der Waals surface area contributed by atoms with Crippen LogP contribution in [0, 0.1) is 0 Å². The van der Waals surface area contributed by atoms with Crippen molar-refractivity contribution in [1.29, 1.82) is 0 Å². The number of rotatable bonds is 68. The van der Waals surface area contributed by atoms with E-state index >= 15 is 0 Å². The molecule has 0 radical (unpaired) electrons. The van der Waals surface area contributed by atoms with Gasteiger partial charge in [0.15, 0.2) is 6.10 Å². The molecule has 0 amide bonds. The Hall–Kier alpha value is -2.89. The topological polar surface area (TPSA) is 78.9 Å². The van der Waals surface area contributed by atoms with E-state index in [2.05, 4.69) is 81.5 Å². The van der Waals surface area contributed by atoms with Crippen molar-refractivity contribution in [3.8, 4) is 0 Å². The second-order valence-electron chi connectivity index (χ2n) is 24.8. The Balaban J connectivity index is 4.21. The van der Waals surface area contributed by atoms with Crippen LogP contribution in [-0.2, 0) is 28.6 Å². The van der Waals surface area contributed by atoms with Crippen LogP contribution in [0.1, 0.15) is 393 Å². The monoisotopic (exact) mass is 1160 g/mol. The molecule has 0 saturated heterocycles. The molecule has 0 saturated carbocycles. The van der Waals surface area contributed by atoms with Crippen molar-refractivity contribution in [3.05, 3.63) is 60.8 Å². The van der Waals surface area contributed by atoms with Crippen LogP contribution in [0.15, 0.2) is 60.8 Å². The number of allylic oxidation sites excluding steroid dienone is 10. The summed E-state index contributed by atoms with van der Waals surface area (Å²) in [4.78, 5) is 38.4. The van der Waals surface area contributed by atoms with Gasteiger partial charge in [-0.1, -0.05) is 351 Å². The van der Waals surface area contributed by atoms with E-state index in [9.17, 15) is 14.4 Å². The summed E-state index contributed by atoms with van der Waals surface area (Å²) < 4.78 is 17.0. The van der Waals surface area contributed by atoms with Crippen LogP contribution in [0.25, 0.3) is 0 Å². The van der Waals surface area contributed by atoms with Crippen molar-refractivity contribution in [3.63, 3.8) is 0 Å². The summed E-state index contributed by atoms with van der Waals surface area (Å²) in [5, 5.41) is 0. The summed E-state index contributed by atoms with van der Waals surface area (Å²) in [5.74, 6) is -0.899. The van der Waals surface area contributed by atoms with Gasteiger partial charge in [-0.05, 0) is 83.5 Å². The first-order valence-corrected chi connectivity index (χ1v) is 36.8. The van der Waals surface area contributed by atoms with Gasteiger partial charge in [0.1, 0.15) is 13.2 Å². The molecule has 0 heterocycles. The van der Waals surface area contributed by atoms with Crippen molar-refractivity contribution in [2.75, 3.05) is 13.2 Å². The normalized spacial score (nSPS) is 12.4. The van der Waals surface area contributed by atoms with Crippen molar-refractivity contribution in [1.82, 2.24) is 0 Å². The second kappa shape index (κ2) is 71.6. The first-order valence-electron chi connectivity index (χ1n) is 36.8. The van der Waals surface area contributed by atoms with Crippen LogP contribution in [0.2, 0.25) is 0 Å². The fourth-order valence-electron chi connectivity index (χ4n) is 11.0. The van der Waals surface area contributed by atoms with Gasteiger partial charge in [0, 0.05) is 19.3 Å². The first kappa shape index (κ1) is 80.1. The van der Waals surface area contributed by atoms with Crippen LogP contribution in [0.5, 0.6) is 0 Å². The largest absolute Gasteiger partial charge is 0.462 e. The Morgan fingerprint density at radius 1 is 0.253 bits per heavy atom. The van der Waals surface area contributed by atoms with E-state index in [0.29, 0.717) is 19.3 Å². The summed E-state index contributed by atoms with van der Waals surface area (Å²) in [6, 6.07) is 0. The summed E-state index contributed by atoms with van der Waals surface area (Å²) in [6.45, 7) is 6.56. The third-order valence-corrected chi connectivity index (χ3v) is 16.5. The van der Waals surface area contributed by atoms with Crippen molar-refractivity contribution in [2.45, 2.75) is 399 Å². The van der Waals surface area contributed by atoms with Gasteiger partial charge in [-0.25, -0.2) is 0 Å². The predicted octanol–water partition coefficient (Wildman–Crippen LogP) is 25.5. The van der Waals surface area contributed by atoms with Crippen LogP contribution >= 0.6 is 0 Å². The molecule has 0 spiro atoms. The molecule has 0 N–H and O–H groups in total. The lowest BCUT2D eigenvalue weighted by Crippen LogP contribution is -2.30. The van der Waals surface area contributed by atoms with E-state index in [1.807, 2.05) is 0 Å². The van der Waals surface area contributed by atoms with E-state index < -0.39 is 6.10 Å². The Morgan fingerprint density at radius 3 is 0.771 bits per heavy atom. The third kappa shape index (κ3) is 69.8. The van der Waals surface area contributed by atoms with Crippen LogP contribution in [0.3, 0.4) is 0 Å². The number of carbonyl (C=O) groups excluding carboxylic acids is 3. The molecule has 83 heavy (non-hydrogen) atoms. The zero-order valence-corrected chi connectivity index (χ0v) is 55.7. The highest BCUT2D eigenvalue weighted by molar-refractivity contribution is 5.71. The molecule has 0 bridgehead atoms. The molecule has 0 fully saturated rings. The van der Waals surface area contributed by atoms with Crippen LogP contribution in [0.4, 0.5) is 0 Å². The van der Waals surface area contributed by atoms with Gasteiger partial charge in [0.25, 0.3) is 0 Å². The van der Waals surface area contributed by atoms with Gasteiger partial charge >= 0.3 is 17.9 Å². The van der Waals surface area contributed by atoms with E-state index in [-0.39, 0.29) is 31.1 Å². The summed E-state index contributed by atoms with van der Waals surface area (Å²) >= 11 is 0. The smallest absolute Gasteiger partial charge is 0.306 e. The van der Waals surface area contributed by atoms with E-state index in [4.69, 9.17) is 14.2 Å². The maximum atomic E-state index is 13.0. The van der Waals surface area contributed by atoms with Crippen molar-refractivity contribution >= 4 is 17.9 Å². The van der Waals surface area contributed by atoms with Gasteiger partial charge in [0.05, 0.1) is 0 Å². The highest BCUT2D eigenvalue weighted by Crippen LogP contribution is 2.19. The standard InChI is InChI=1S/C77H140O6/c1-4-7-10-13-16-19-22-25-28-30-32-33-34-35-36-37-38-39-40-41-42-43-45-46-49-52-55-58-61-64-67-70-76(79)82-73-74(72-81-75(78)69-66-63-60-57-54-51-48-27-24-21-18-15-12-9-6-3)83-77(80)71-68-65-62-59-56-53-50-47-44-31-29-26-23-20-17-14-11-8-5-2/h9,12,18,21,27,30,32,48,54,57,74H,4-8,10-11,13-17,19-20,22-26,28-29,31,33-47,49-53,55-56,58-73H2,1-3H3/b12-9-,21-18-,32-30-,48-27-,57-54-. The lowest BCUT2D eigenvalue weighted by atomic mass is 10.0. The number of esters is 3. The van der Waals surface area contributed by atoms with E-state index in [1.54, 1.807) is 0 Å². The maximum Gasteiger partial charge on any atom is 0.306 e. The lowest BCUT2D eigenvalue weighted by molar-refractivity contribution is -0.167. The van der Waals surface area contributed by atoms with E-state index in [1.165, 1.54) is 270 Å². The van der Waals surface area contributed by atoms with E-state index in [0.717, 1.165) is 83.5 Å². The molecule has 0 rings (SSSR count). The number of unbranched alkanes of at least 4 members (excludes halogenated alkanes) is 47. The van der Waals surface area contributed by atoms with Crippen LogP contribution < -0.4 is 0 Å². The Bertz CT molecular complexity index is 1470. The highest BCUT2D eigenvalue weighted by atomic mass is 16.6. The molecule has 0 aromatic rings. The van der Waals surface area contributed by atoms with Gasteiger partial charge < -0.3 is 14.2 Å². The Kier molecular flexibility index (Phi) is 69.1. The average Bonchev–Trinajstić information content (AvgIpc) is 3.50. The van der Waals surface area contributed by atoms with Gasteiger partial charge in [-0.15, -0.1) is 0 Å². The molecule has 0 aromatic carbocycles. The van der Waals surface area contributed by atoms with Gasteiger partial charge in [-0.3, -0.25) is 14.4 Å². The minimum atomic E-state index is -0.790. The molecular weight excluding hydrogens is 1020 g/mol. The quantitative estimate of drug-likeness (QED) is 0.0261. The molecule has 0 aliphatic rings. The fraction of sp³-hybridized carbons (Fsp3) is 0.831. The molecule has 0 aromatic heterocycles. The minimum absolute atomic E-state index is 0.0824. The average molecular weight is 1160 g/mol. The number of carbonyl (C=O) groups is 3. The molecule has 0 aliphatic carbocycles. The van der Waals surface area contributed by atoms with Gasteiger partial charge in [0.2, 0.25) is 0 Å². The molecule has 1 atom stereocenters. The zero-order valence-electron chi connectivity index (χ0n) is 55.7. The molecule has 1 unspecified atom stereocenters. The highest BCUT2D eigenvalue weighted by Gasteiger charge is 2.19. The molecular formula is C77H140O6. The Labute approximate surface area is 517 Å². The second-order valence-corrected chi connectivity index (χ2v) is 24.8. The van der Waals surface area contributed by atoms with Crippen LogP contribution in [-0.4, -0.2) is 37.2 Å². The van der Waals surface area contributed by atoms with Crippen molar-refractivity contribution in [2.24, 2.45) is 0 Å². The molecule has 6 nitrogen and oxygen atoms in total. The number of hydrogen-bond acceptors (Lipinski definition) is 6. The minimum Gasteiger partial charge on any atom is -0.462 e. The number of hydrogen-bond donors (Lipinski definition) is 0. The third-order valence-electron chi connectivity index (χ3n) is 16.5. The van der Waals surface area contributed by atoms with Crippen molar-refractivity contribution < 1.29 is 28.6 Å². The summed E-state index contributed by atoms with van der Waals surface area (Å²) in [5.41, 5.74) is 0. The maximum absolute atomic E-state index is 13.0. The lowest BCUT2D eigenvalue weighted by Gasteiger charge is -2.18. The first-order chi connectivity index (χ1) is 41.0. The van der Waals surface area contributed by atoms with Gasteiger partial charge in [-0.2, -0.15) is 0 Å². The SMILES string of the molecule is CC/C=C\C/C=C\C/C=C\C/C=C\CCCCC(=O)OCC(COC(=O)CCCCCCCCCCCCCCCCCCCCC/C=C\CCCCCCCCCC)OC(=O)CCCCCCCCCCCCCCCCCCCCC. The molecule has 484 valence electrons. The Morgan fingerprint density at radius 2 is 0.470 bits per heavy atom. The fourth-order valence-corrected chi connectivity index (χ4v) is 11.0. The predicted molar refractivity (Wildman–Crippen MR) is 362 cm³/mol. The summed E-state index contributed by atoms with van der Waals surface area (Å²) in [6.07, 6.45) is 92.8. The summed E-state index contributed by atoms with van der Waals surface area (Å²) in [7, 11) is 0. The number of ether oxygens (including phenoxy) is 3. The molecule has 6 heteroatoms. The zero-order chi connectivity index (χ0) is 59.9.